The minimum atomic E-state index is 0.744. The van der Waals surface area contributed by atoms with Crippen molar-refractivity contribution in [2.24, 2.45) is 11.0 Å². The summed E-state index contributed by atoms with van der Waals surface area (Å²) in [4.78, 5) is 0. The molecule has 1 aliphatic heterocycles. The van der Waals surface area contributed by atoms with Gasteiger partial charge in [0.1, 0.15) is 5.84 Å². The highest BCUT2D eigenvalue weighted by Gasteiger charge is 2.09. The number of nitrogens with one attached hydrogen (secondary N) is 1. The molecule has 0 fully saturated rings. The van der Waals surface area contributed by atoms with E-state index in [0.717, 1.165) is 18.2 Å². The van der Waals surface area contributed by atoms with Crippen LogP contribution >= 0.6 is 0 Å². The molecule has 1 rings (SSSR count). The van der Waals surface area contributed by atoms with Crippen LogP contribution in [-0.2, 0) is 0 Å². The topological polar surface area (TPSA) is 34.3 Å². The van der Waals surface area contributed by atoms with Gasteiger partial charge in [-0.15, -0.1) is 0 Å². The molecule has 0 atom stereocenters. The molecular weight excluding hydrogens is 88.1 g/mol. The minimum absolute atomic E-state index is 0.744. The first-order valence-corrected chi connectivity index (χ1v) is 2.61. The van der Waals surface area contributed by atoms with E-state index in [1.807, 2.05) is 0 Å². The molecular formula is C5H10N2. The van der Waals surface area contributed by atoms with E-state index in [9.17, 15) is 0 Å². The Balaban J connectivity index is 2.09. The van der Waals surface area contributed by atoms with Crippen molar-refractivity contribution in [1.82, 2.24) is 5.43 Å². The van der Waals surface area contributed by atoms with Gasteiger partial charge in [0.05, 0.1) is 0 Å². The van der Waals surface area contributed by atoms with Crippen molar-refractivity contribution in [2.75, 3.05) is 0 Å². The molecule has 40 valence electrons. The summed E-state index contributed by atoms with van der Waals surface area (Å²) in [7, 11) is 0. The molecule has 0 aliphatic carbocycles. The summed E-state index contributed by atoms with van der Waals surface area (Å²) in [5, 5.41) is 3.81. The van der Waals surface area contributed by atoms with Crippen molar-refractivity contribution < 1.29 is 0 Å². The largest absolute Gasteiger partial charge is 0.262 e. The van der Waals surface area contributed by atoms with Gasteiger partial charge in [-0.05, 0) is 5.92 Å². The Labute approximate surface area is 43.6 Å². The molecule has 0 saturated heterocycles. The van der Waals surface area contributed by atoms with Crippen LogP contribution in [0.25, 0.3) is 0 Å². The second kappa shape index (κ2) is 1.52. The Morgan fingerprint density at radius 3 is 2.43 bits per heavy atom. The van der Waals surface area contributed by atoms with E-state index in [2.05, 4.69) is 24.4 Å². The molecule has 0 radical (unpaired) electrons. The molecule has 0 unspecified atom stereocenters. The van der Waals surface area contributed by atoms with Crippen LogP contribution in [0.5, 0.6) is 0 Å². The van der Waals surface area contributed by atoms with Crippen molar-refractivity contribution >= 4 is 5.84 Å². The molecule has 0 aromatic carbocycles. The molecule has 1 N–H and O–H groups in total. The molecule has 0 aromatic rings. The first kappa shape index (κ1) is 4.62. The van der Waals surface area contributed by atoms with E-state index in [1.165, 1.54) is 0 Å². The average Bonchev–Trinajstić information content (AvgIpc) is 2.17. The third kappa shape index (κ3) is 1.57. The van der Waals surface area contributed by atoms with Crippen molar-refractivity contribution in [3.8, 4) is 0 Å². The van der Waals surface area contributed by atoms with Crippen molar-refractivity contribution in [3.05, 3.63) is 0 Å². The highest BCUT2D eigenvalue weighted by atomic mass is 15.5. The van der Waals surface area contributed by atoms with Gasteiger partial charge in [-0.1, -0.05) is 13.8 Å². The van der Waals surface area contributed by atoms with Crippen molar-refractivity contribution in [1.29, 1.82) is 0 Å². The van der Waals surface area contributed by atoms with E-state index in [0.29, 0.717) is 0 Å². The Bertz CT molecular complexity index is 94.3. The van der Waals surface area contributed by atoms with E-state index in [-0.39, 0.29) is 0 Å². The zero-order valence-electron chi connectivity index (χ0n) is 4.73. The zero-order valence-corrected chi connectivity index (χ0v) is 4.73. The van der Waals surface area contributed by atoms with Gasteiger partial charge in [0.2, 0.25) is 0 Å². The van der Waals surface area contributed by atoms with Gasteiger partial charge in [0.15, 0.2) is 0 Å². The number of rotatable bonds is 2. The SMILES string of the molecule is CC(C)CC1=NN1. The molecule has 0 spiro atoms. The van der Waals surface area contributed by atoms with Crippen LogP contribution in [0.15, 0.2) is 5.10 Å². The number of amidine groups is 1. The van der Waals surface area contributed by atoms with Gasteiger partial charge in [0, 0.05) is 6.42 Å². The lowest BCUT2D eigenvalue weighted by Gasteiger charge is -1.92. The van der Waals surface area contributed by atoms with Crippen LogP contribution in [0.1, 0.15) is 20.3 Å². The quantitative estimate of drug-likeness (QED) is 0.548. The van der Waals surface area contributed by atoms with E-state index < -0.39 is 0 Å². The van der Waals surface area contributed by atoms with Crippen LogP contribution < -0.4 is 5.43 Å². The maximum atomic E-state index is 3.81. The number of hydrogen-bond acceptors (Lipinski definition) is 2. The third-order valence-electron chi connectivity index (χ3n) is 0.872. The summed E-state index contributed by atoms with van der Waals surface area (Å²) >= 11 is 0. The maximum absolute atomic E-state index is 3.81. The van der Waals surface area contributed by atoms with Crippen molar-refractivity contribution in [3.63, 3.8) is 0 Å². The molecule has 1 heterocycles. The average molecular weight is 98.1 g/mol. The normalized spacial score (nSPS) is 16.1. The van der Waals surface area contributed by atoms with E-state index in [4.69, 9.17) is 0 Å². The lowest BCUT2D eigenvalue weighted by atomic mass is 10.1. The molecule has 2 nitrogen and oxygen atoms in total. The van der Waals surface area contributed by atoms with Crippen LogP contribution in [0.3, 0.4) is 0 Å². The van der Waals surface area contributed by atoms with Gasteiger partial charge in [-0.25, -0.2) is 0 Å². The number of nitrogens with zero attached hydrogens (tertiary/aromatic N) is 1. The maximum Gasteiger partial charge on any atom is 0.143 e. The predicted octanol–water partition coefficient (Wildman–Crippen LogP) is 0.949. The smallest absolute Gasteiger partial charge is 0.143 e. The Hall–Kier alpha value is -0.530. The molecule has 1 aliphatic rings. The molecule has 2 heteroatoms. The lowest BCUT2D eigenvalue weighted by Crippen LogP contribution is -1.97. The second-order valence-corrected chi connectivity index (χ2v) is 2.27. The van der Waals surface area contributed by atoms with Gasteiger partial charge < -0.3 is 0 Å². The summed E-state index contributed by atoms with van der Waals surface area (Å²) in [5.41, 5.74) is 2.81. The Morgan fingerprint density at radius 2 is 2.29 bits per heavy atom. The van der Waals surface area contributed by atoms with Gasteiger partial charge >= 0.3 is 0 Å². The molecule has 7 heavy (non-hydrogen) atoms. The van der Waals surface area contributed by atoms with Gasteiger partial charge in [0.25, 0.3) is 0 Å². The molecule has 0 amide bonds. The fourth-order valence-corrected chi connectivity index (χ4v) is 0.518. The van der Waals surface area contributed by atoms with Crippen LogP contribution in [0, 0.1) is 5.92 Å². The Morgan fingerprint density at radius 1 is 1.71 bits per heavy atom. The monoisotopic (exact) mass is 98.1 g/mol. The molecule has 0 saturated carbocycles. The fourth-order valence-electron chi connectivity index (χ4n) is 0.518. The van der Waals surface area contributed by atoms with Gasteiger partial charge in [-0.2, -0.15) is 5.10 Å². The molecule has 0 bridgehead atoms. The highest BCUT2D eigenvalue weighted by molar-refractivity contribution is 5.90. The summed E-state index contributed by atoms with van der Waals surface area (Å²) in [6.07, 6.45) is 1.11. The van der Waals surface area contributed by atoms with E-state index >= 15 is 0 Å². The van der Waals surface area contributed by atoms with Crippen LogP contribution in [-0.4, -0.2) is 5.84 Å². The first-order chi connectivity index (χ1) is 3.29. The first-order valence-electron chi connectivity index (χ1n) is 2.61. The number of hydrogen-bond donors (Lipinski definition) is 1. The lowest BCUT2D eigenvalue weighted by molar-refractivity contribution is 0.686. The van der Waals surface area contributed by atoms with Crippen molar-refractivity contribution in [2.45, 2.75) is 20.3 Å². The summed E-state index contributed by atoms with van der Waals surface area (Å²) < 4.78 is 0. The van der Waals surface area contributed by atoms with Gasteiger partial charge in [-0.3, -0.25) is 5.43 Å². The summed E-state index contributed by atoms with van der Waals surface area (Å²) in [6.45, 7) is 4.37. The fraction of sp³-hybridized carbons (Fsp3) is 0.800. The standard InChI is InChI=1S/C5H10N2/c1-4(2)3-5-6-7-5/h4H,3H2,1-2H3,(H,6,7). The second-order valence-electron chi connectivity index (χ2n) is 2.27. The van der Waals surface area contributed by atoms with Crippen LogP contribution in [0.2, 0.25) is 0 Å². The highest BCUT2D eigenvalue weighted by Crippen LogP contribution is 2.03. The number of hydrazone groups is 1. The Kier molecular flexibility index (Phi) is 1.01. The minimum Gasteiger partial charge on any atom is -0.262 e. The predicted molar refractivity (Wildman–Crippen MR) is 30.0 cm³/mol. The zero-order chi connectivity index (χ0) is 5.28. The summed E-state index contributed by atoms with van der Waals surface area (Å²) in [5.74, 6) is 1.91. The third-order valence-corrected chi connectivity index (χ3v) is 0.872. The van der Waals surface area contributed by atoms with Crippen LogP contribution in [0.4, 0.5) is 0 Å². The molecule has 0 aromatic heterocycles. The van der Waals surface area contributed by atoms with E-state index in [1.54, 1.807) is 0 Å². The summed E-state index contributed by atoms with van der Waals surface area (Å²) in [6, 6.07) is 0.